The van der Waals surface area contributed by atoms with Crippen LogP contribution in [0.5, 0.6) is 0 Å². The van der Waals surface area contributed by atoms with Crippen LogP contribution in [-0.4, -0.2) is 81.4 Å². The SMILES string of the molecule is CCNC(=NCc1ncnn1C)NCCN1CCN(c2ncccn2)CC1.I. The van der Waals surface area contributed by atoms with E-state index < -0.39 is 0 Å². The fraction of sp³-hybridized carbons (Fsp3) is 0.588. The minimum atomic E-state index is 0. The summed E-state index contributed by atoms with van der Waals surface area (Å²) in [5, 5.41) is 10.7. The maximum Gasteiger partial charge on any atom is 0.225 e. The highest BCUT2D eigenvalue weighted by molar-refractivity contribution is 14.0. The number of aromatic nitrogens is 5. The molecule has 154 valence electrons. The van der Waals surface area contributed by atoms with Crippen molar-refractivity contribution in [3.05, 3.63) is 30.6 Å². The van der Waals surface area contributed by atoms with Crippen molar-refractivity contribution >= 4 is 35.9 Å². The lowest BCUT2D eigenvalue weighted by atomic mass is 10.3. The molecule has 2 N–H and O–H groups in total. The van der Waals surface area contributed by atoms with E-state index in [2.05, 4.69) is 52.4 Å². The third-order valence-electron chi connectivity index (χ3n) is 4.46. The highest BCUT2D eigenvalue weighted by Crippen LogP contribution is 2.09. The van der Waals surface area contributed by atoms with Crippen molar-refractivity contribution in [1.29, 1.82) is 0 Å². The van der Waals surface area contributed by atoms with Crippen molar-refractivity contribution in [2.24, 2.45) is 12.0 Å². The van der Waals surface area contributed by atoms with Gasteiger partial charge in [-0.3, -0.25) is 9.58 Å². The summed E-state index contributed by atoms with van der Waals surface area (Å²) in [6.07, 6.45) is 5.13. The topological polar surface area (TPSA) is 99.4 Å². The van der Waals surface area contributed by atoms with Crippen LogP contribution in [0.3, 0.4) is 0 Å². The van der Waals surface area contributed by atoms with E-state index in [9.17, 15) is 0 Å². The van der Waals surface area contributed by atoms with Gasteiger partial charge in [0.05, 0.1) is 0 Å². The van der Waals surface area contributed by atoms with Gasteiger partial charge >= 0.3 is 0 Å². The predicted molar refractivity (Wildman–Crippen MR) is 120 cm³/mol. The normalized spacial score (nSPS) is 15.2. The van der Waals surface area contributed by atoms with E-state index in [0.29, 0.717) is 6.54 Å². The average molecular weight is 500 g/mol. The minimum Gasteiger partial charge on any atom is -0.357 e. The van der Waals surface area contributed by atoms with Gasteiger partial charge in [0, 0.05) is 65.3 Å². The molecule has 1 saturated heterocycles. The van der Waals surface area contributed by atoms with Gasteiger partial charge in [-0.05, 0) is 13.0 Å². The number of guanidine groups is 1. The second-order valence-corrected chi connectivity index (χ2v) is 6.30. The number of aryl methyl sites for hydroxylation is 1. The Balaban J connectivity index is 0.00000280. The molecule has 28 heavy (non-hydrogen) atoms. The lowest BCUT2D eigenvalue weighted by molar-refractivity contribution is 0.260. The Labute approximate surface area is 182 Å². The molecule has 3 rings (SSSR count). The molecule has 0 aliphatic carbocycles. The number of piperazine rings is 1. The van der Waals surface area contributed by atoms with Gasteiger partial charge in [0.2, 0.25) is 5.95 Å². The van der Waals surface area contributed by atoms with Gasteiger partial charge in [-0.2, -0.15) is 5.10 Å². The minimum absolute atomic E-state index is 0. The molecule has 0 bridgehead atoms. The molecule has 1 aliphatic rings. The predicted octanol–water partition coefficient (Wildman–Crippen LogP) is 0.100. The summed E-state index contributed by atoms with van der Waals surface area (Å²) < 4.78 is 1.74. The van der Waals surface area contributed by atoms with E-state index in [-0.39, 0.29) is 24.0 Å². The fourth-order valence-electron chi connectivity index (χ4n) is 2.91. The van der Waals surface area contributed by atoms with E-state index >= 15 is 0 Å². The highest BCUT2D eigenvalue weighted by atomic mass is 127. The number of hydrogen-bond donors (Lipinski definition) is 2. The first-order chi connectivity index (χ1) is 13.3. The molecule has 2 aromatic heterocycles. The van der Waals surface area contributed by atoms with Gasteiger partial charge in [-0.15, -0.1) is 24.0 Å². The molecule has 10 nitrogen and oxygen atoms in total. The molecule has 0 radical (unpaired) electrons. The second kappa shape index (κ2) is 11.7. The summed E-state index contributed by atoms with van der Waals surface area (Å²) >= 11 is 0. The monoisotopic (exact) mass is 500 g/mol. The van der Waals surface area contributed by atoms with E-state index in [1.54, 1.807) is 23.4 Å². The molecule has 0 aromatic carbocycles. The zero-order valence-corrected chi connectivity index (χ0v) is 18.8. The zero-order chi connectivity index (χ0) is 18.9. The lowest BCUT2D eigenvalue weighted by Gasteiger charge is -2.34. The van der Waals surface area contributed by atoms with Crippen LogP contribution >= 0.6 is 24.0 Å². The zero-order valence-electron chi connectivity index (χ0n) is 16.5. The maximum atomic E-state index is 4.58. The Bertz CT molecular complexity index is 712. The molecule has 0 amide bonds. The number of nitrogens with one attached hydrogen (secondary N) is 2. The van der Waals surface area contributed by atoms with Crippen LogP contribution < -0.4 is 15.5 Å². The molecule has 1 aliphatic heterocycles. The smallest absolute Gasteiger partial charge is 0.225 e. The number of halogens is 1. The Hall–Kier alpha value is -2.02. The van der Waals surface area contributed by atoms with Crippen LogP contribution in [0.25, 0.3) is 0 Å². The average Bonchev–Trinajstić information content (AvgIpc) is 3.12. The summed E-state index contributed by atoms with van der Waals surface area (Å²) in [5.74, 6) is 2.46. The Kier molecular flexibility index (Phi) is 9.34. The lowest BCUT2D eigenvalue weighted by Crippen LogP contribution is -2.49. The third kappa shape index (κ3) is 6.55. The van der Waals surface area contributed by atoms with Gasteiger partial charge in [-0.1, -0.05) is 0 Å². The first-order valence-corrected chi connectivity index (χ1v) is 9.35. The van der Waals surface area contributed by atoms with Gasteiger partial charge in [-0.25, -0.2) is 19.9 Å². The Morgan fingerprint density at radius 1 is 1.11 bits per heavy atom. The largest absolute Gasteiger partial charge is 0.357 e. The summed E-state index contributed by atoms with van der Waals surface area (Å²) in [6, 6.07) is 1.85. The number of aliphatic imine (C=N–C) groups is 1. The van der Waals surface area contributed by atoms with E-state index in [0.717, 1.165) is 63.5 Å². The van der Waals surface area contributed by atoms with Crippen molar-refractivity contribution in [2.45, 2.75) is 13.5 Å². The van der Waals surface area contributed by atoms with Gasteiger partial charge in [0.25, 0.3) is 0 Å². The van der Waals surface area contributed by atoms with Gasteiger partial charge in [0.1, 0.15) is 18.7 Å². The molecule has 1 fully saturated rings. The first-order valence-electron chi connectivity index (χ1n) is 9.35. The van der Waals surface area contributed by atoms with Gasteiger partial charge < -0.3 is 15.5 Å². The summed E-state index contributed by atoms with van der Waals surface area (Å²) in [4.78, 5) is 22.1. The molecule has 0 atom stereocenters. The van der Waals surface area contributed by atoms with Crippen molar-refractivity contribution in [1.82, 2.24) is 40.3 Å². The molecular formula is C17H29IN10. The Morgan fingerprint density at radius 3 is 2.50 bits per heavy atom. The van der Waals surface area contributed by atoms with Crippen molar-refractivity contribution < 1.29 is 0 Å². The first kappa shape index (κ1) is 22.3. The van der Waals surface area contributed by atoms with Crippen LogP contribution in [-0.2, 0) is 13.6 Å². The highest BCUT2D eigenvalue weighted by Gasteiger charge is 2.18. The molecule has 0 spiro atoms. The van der Waals surface area contributed by atoms with Crippen molar-refractivity contribution in [2.75, 3.05) is 50.7 Å². The molecule has 0 unspecified atom stereocenters. The maximum absolute atomic E-state index is 4.58. The van der Waals surface area contributed by atoms with Crippen molar-refractivity contribution in [3.63, 3.8) is 0 Å². The quantitative estimate of drug-likeness (QED) is 0.314. The van der Waals surface area contributed by atoms with Crippen molar-refractivity contribution in [3.8, 4) is 0 Å². The molecular weight excluding hydrogens is 471 g/mol. The van der Waals surface area contributed by atoms with Crippen LogP contribution in [0.15, 0.2) is 29.8 Å². The van der Waals surface area contributed by atoms with E-state index in [4.69, 9.17) is 0 Å². The standard InChI is InChI=1S/C17H28N10.HI/c1-3-18-16(22-13-15-23-14-24-25(15)2)19-7-8-26-9-11-27(12-10-26)17-20-5-4-6-21-17;/h4-6,14H,3,7-13H2,1-2H3,(H2,18,19,22);1H. The van der Waals surface area contributed by atoms with E-state index in [1.807, 2.05) is 13.1 Å². The molecule has 11 heteroatoms. The van der Waals surface area contributed by atoms with Crippen LogP contribution in [0.1, 0.15) is 12.7 Å². The molecule has 0 saturated carbocycles. The number of hydrogen-bond acceptors (Lipinski definition) is 7. The summed E-state index contributed by atoms with van der Waals surface area (Å²) in [6.45, 7) is 9.10. The number of anilines is 1. The number of nitrogens with zero attached hydrogens (tertiary/aromatic N) is 8. The summed E-state index contributed by atoms with van der Waals surface area (Å²) in [7, 11) is 1.87. The number of rotatable bonds is 7. The van der Waals surface area contributed by atoms with E-state index in [1.165, 1.54) is 0 Å². The molecule has 2 aromatic rings. The summed E-state index contributed by atoms with van der Waals surface area (Å²) in [5.41, 5.74) is 0. The van der Waals surface area contributed by atoms with Gasteiger partial charge in [0.15, 0.2) is 5.96 Å². The van der Waals surface area contributed by atoms with Crippen LogP contribution in [0.4, 0.5) is 5.95 Å². The second-order valence-electron chi connectivity index (χ2n) is 6.30. The molecule has 3 heterocycles. The van der Waals surface area contributed by atoms with Crippen LogP contribution in [0.2, 0.25) is 0 Å². The fourth-order valence-corrected chi connectivity index (χ4v) is 2.91. The third-order valence-corrected chi connectivity index (χ3v) is 4.46. The van der Waals surface area contributed by atoms with Crippen LogP contribution in [0, 0.1) is 0 Å². The Morgan fingerprint density at radius 2 is 1.86 bits per heavy atom.